The Bertz CT molecular complexity index is 1160. The third-order valence-electron chi connectivity index (χ3n) is 5.96. The van der Waals surface area contributed by atoms with Crippen molar-refractivity contribution in [3.63, 3.8) is 0 Å². The van der Waals surface area contributed by atoms with Crippen molar-refractivity contribution in [2.45, 2.75) is 37.4 Å². The van der Waals surface area contributed by atoms with Gasteiger partial charge >= 0.3 is 0 Å². The molecule has 5 rings (SSSR count). The van der Waals surface area contributed by atoms with E-state index in [1.54, 1.807) is 30.3 Å². The smallest absolute Gasteiger partial charge is 0.234 e. The molecule has 2 aliphatic heterocycles. The third kappa shape index (κ3) is 5.94. The number of ether oxygens (including phenoxy) is 2. The average molecular weight is 498 g/mol. The third-order valence-corrected chi connectivity index (χ3v) is 6.89. The normalized spacial score (nSPS) is 16.0. The summed E-state index contributed by atoms with van der Waals surface area (Å²) in [5.74, 6) is 1.77. The van der Waals surface area contributed by atoms with Gasteiger partial charge in [0.05, 0.1) is 25.5 Å². The first-order valence-electron chi connectivity index (χ1n) is 11.9. The number of amides is 1. The van der Waals surface area contributed by atoms with Crippen molar-refractivity contribution in [2.24, 2.45) is 0 Å². The monoisotopic (exact) mass is 497 g/mol. The van der Waals surface area contributed by atoms with E-state index in [0.717, 1.165) is 31.0 Å². The van der Waals surface area contributed by atoms with Crippen LogP contribution >= 0.6 is 11.8 Å². The van der Waals surface area contributed by atoms with Gasteiger partial charge in [0, 0.05) is 23.9 Å². The molecule has 1 N–H and O–H groups in total. The van der Waals surface area contributed by atoms with Crippen LogP contribution in [0.2, 0.25) is 0 Å². The molecule has 0 atom stereocenters. The van der Waals surface area contributed by atoms with Crippen molar-refractivity contribution in [3.05, 3.63) is 54.1 Å². The van der Waals surface area contributed by atoms with Crippen LogP contribution in [0, 0.1) is 5.82 Å². The van der Waals surface area contributed by atoms with Gasteiger partial charge in [-0.1, -0.05) is 18.2 Å². The Morgan fingerprint density at radius 2 is 1.74 bits per heavy atom. The average Bonchev–Trinajstić information content (AvgIpc) is 3.11. The zero-order valence-corrected chi connectivity index (χ0v) is 20.2. The van der Waals surface area contributed by atoms with Crippen LogP contribution in [-0.4, -0.2) is 57.6 Å². The number of benzene rings is 2. The molecule has 184 valence electrons. The summed E-state index contributed by atoms with van der Waals surface area (Å²) in [6.07, 6.45) is 4.42. The molecular weight excluding hydrogens is 469 g/mol. The molecule has 2 aliphatic rings. The van der Waals surface area contributed by atoms with Gasteiger partial charge in [0.25, 0.3) is 0 Å². The number of carbonyl (C=O) groups excluding carboxylic acids is 1. The number of nitrogens with zero attached hydrogens (tertiary/aromatic N) is 4. The Morgan fingerprint density at radius 1 is 0.971 bits per heavy atom. The predicted octanol–water partition coefficient (Wildman–Crippen LogP) is 4.28. The molecule has 0 aliphatic carbocycles. The fraction of sp³-hybridized carbons (Fsp3) is 0.400. The Kier molecular flexibility index (Phi) is 7.48. The zero-order chi connectivity index (χ0) is 24.0. The van der Waals surface area contributed by atoms with Crippen molar-refractivity contribution < 1.29 is 18.7 Å². The molecule has 0 unspecified atom stereocenters. The van der Waals surface area contributed by atoms with E-state index in [2.05, 4.69) is 20.4 Å². The number of piperidine rings is 1. The molecule has 1 amide bonds. The van der Waals surface area contributed by atoms with Gasteiger partial charge < -0.3 is 14.8 Å². The van der Waals surface area contributed by atoms with Gasteiger partial charge in [0.2, 0.25) is 5.91 Å². The topological polar surface area (TPSA) is 81.5 Å². The van der Waals surface area contributed by atoms with Gasteiger partial charge in [0.1, 0.15) is 5.82 Å². The van der Waals surface area contributed by atoms with E-state index in [9.17, 15) is 9.18 Å². The molecule has 0 bridgehead atoms. The number of rotatable bonds is 7. The van der Waals surface area contributed by atoms with E-state index in [0.29, 0.717) is 42.1 Å². The van der Waals surface area contributed by atoms with E-state index in [1.807, 2.05) is 4.57 Å². The summed E-state index contributed by atoms with van der Waals surface area (Å²) >= 11 is 1.30. The summed E-state index contributed by atoms with van der Waals surface area (Å²) in [6, 6.07) is 11.6. The van der Waals surface area contributed by atoms with Crippen molar-refractivity contribution in [1.29, 1.82) is 0 Å². The lowest BCUT2D eigenvalue weighted by Gasteiger charge is -2.26. The maximum atomic E-state index is 13.6. The number of carbonyl (C=O) groups is 1. The van der Waals surface area contributed by atoms with E-state index >= 15 is 0 Å². The molecule has 1 aromatic heterocycles. The Balaban J connectivity index is 1.29. The van der Waals surface area contributed by atoms with E-state index in [-0.39, 0.29) is 17.5 Å². The lowest BCUT2D eigenvalue weighted by atomic mass is 10.1. The van der Waals surface area contributed by atoms with Crippen molar-refractivity contribution in [1.82, 2.24) is 19.7 Å². The van der Waals surface area contributed by atoms with Gasteiger partial charge in [0.15, 0.2) is 22.5 Å². The lowest BCUT2D eigenvalue weighted by Crippen LogP contribution is -2.30. The summed E-state index contributed by atoms with van der Waals surface area (Å²) in [6.45, 7) is 3.91. The first-order chi connectivity index (χ1) is 17.2. The van der Waals surface area contributed by atoms with Gasteiger partial charge in [-0.2, -0.15) is 0 Å². The largest absolute Gasteiger partial charge is 0.490 e. The minimum Gasteiger partial charge on any atom is -0.490 e. The van der Waals surface area contributed by atoms with Crippen LogP contribution in [0.15, 0.2) is 47.6 Å². The molecule has 3 heterocycles. The van der Waals surface area contributed by atoms with Crippen LogP contribution in [0.5, 0.6) is 11.5 Å². The molecule has 10 heteroatoms. The number of anilines is 1. The van der Waals surface area contributed by atoms with Crippen LogP contribution < -0.4 is 14.8 Å². The van der Waals surface area contributed by atoms with Crippen LogP contribution in [0.1, 0.15) is 31.5 Å². The zero-order valence-electron chi connectivity index (χ0n) is 19.4. The summed E-state index contributed by atoms with van der Waals surface area (Å²) in [5, 5.41) is 12.3. The fourth-order valence-electron chi connectivity index (χ4n) is 4.23. The SMILES string of the molecule is O=C(CSc1nnc(CN2CCCCC2)n1-c1ccc(F)cc1)Nc1ccc2c(c1)OCCCO2. The Hall–Kier alpha value is -3.11. The van der Waals surface area contributed by atoms with Crippen molar-refractivity contribution >= 4 is 23.4 Å². The van der Waals surface area contributed by atoms with Gasteiger partial charge in [-0.3, -0.25) is 14.3 Å². The van der Waals surface area contributed by atoms with Crippen LogP contribution in [0.4, 0.5) is 10.1 Å². The highest BCUT2D eigenvalue weighted by atomic mass is 32.2. The van der Waals surface area contributed by atoms with Gasteiger partial charge in [-0.05, 0) is 62.3 Å². The number of thioether (sulfide) groups is 1. The maximum Gasteiger partial charge on any atom is 0.234 e. The minimum absolute atomic E-state index is 0.150. The first-order valence-corrected chi connectivity index (χ1v) is 12.9. The number of aromatic nitrogens is 3. The highest BCUT2D eigenvalue weighted by Gasteiger charge is 2.20. The van der Waals surface area contributed by atoms with Gasteiger partial charge in [-0.15, -0.1) is 10.2 Å². The molecule has 1 fully saturated rings. The molecule has 35 heavy (non-hydrogen) atoms. The number of halogens is 1. The second-order valence-corrected chi connectivity index (χ2v) is 9.54. The molecule has 0 spiro atoms. The second kappa shape index (κ2) is 11.1. The fourth-order valence-corrected chi connectivity index (χ4v) is 5.00. The van der Waals surface area contributed by atoms with Crippen LogP contribution in [0.3, 0.4) is 0 Å². The molecule has 3 aromatic rings. The molecule has 2 aromatic carbocycles. The Labute approximate surface area is 207 Å². The number of hydrogen-bond acceptors (Lipinski definition) is 7. The number of fused-ring (bicyclic) bond motifs is 1. The van der Waals surface area contributed by atoms with E-state index in [4.69, 9.17) is 9.47 Å². The van der Waals surface area contributed by atoms with E-state index in [1.165, 1.54) is 43.2 Å². The molecule has 8 nitrogen and oxygen atoms in total. The summed E-state index contributed by atoms with van der Waals surface area (Å²) < 4.78 is 26.8. The quantitative estimate of drug-likeness (QED) is 0.488. The number of hydrogen-bond donors (Lipinski definition) is 1. The molecule has 0 saturated carbocycles. The standard InChI is InChI=1S/C25H28FN5O3S/c26-18-5-8-20(9-6-18)31-23(16-30-11-2-1-3-12-30)28-29-25(31)35-17-24(32)27-19-7-10-21-22(15-19)34-14-4-13-33-21/h5-10,15H,1-4,11-14,16-17H2,(H,27,32). The van der Waals surface area contributed by atoms with Crippen LogP contribution in [-0.2, 0) is 11.3 Å². The van der Waals surface area contributed by atoms with Gasteiger partial charge in [-0.25, -0.2) is 4.39 Å². The minimum atomic E-state index is -0.303. The molecule has 1 saturated heterocycles. The maximum absolute atomic E-state index is 13.6. The highest BCUT2D eigenvalue weighted by Crippen LogP contribution is 2.32. The lowest BCUT2D eigenvalue weighted by molar-refractivity contribution is -0.113. The highest BCUT2D eigenvalue weighted by molar-refractivity contribution is 7.99. The number of nitrogens with one attached hydrogen (secondary N) is 1. The predicted molar refractivity (Wildman–Crippen MR) is 132 cm³/mol. The molecule has 0 radical (unpaired) electrons. The van der Waals surface area contributed by atoms with Crippen molar-refractivity contribution in [2.75, 3.05) is 37.4 Å². The number of likely N-dealkylation sites (tertiary alicyclic amines) is 1. The summed E-state index contributed by atoms with van der Waals surface area (Å²) in [4.78, 5) is 15.1. The first kappa shape index (κ1) is 23.6. The van der Waals surface area contributed by atoms with E-state index < -0.39 is 0 Å². The van der Waals surface area contributed by atoms with Crippen LogP contribution in [0.25, 0.3) is 5.69 Å². The Morgan fingerprint density at radius 3 is 2.54 bits per heavy atom. The molecular formula is C25H28FN5O3S. The summed E-state index contributed by atoms with van der Waals surface area (Å²) in [5.41, 5.74) is 1.42. The second-order valence-electron chi connectivity index (χ2n) is 8.60. The van der Waals surface area contributed by atoms with Crippen molar-refractivity contribution in [3.8, 4) is 17.2 Å². The summed E-state index contributed by atoms with van der Waals surface area (Å²) in [7, 11) is 0.